The van der Waals surface area contributed by atoms with Crippen LogP contribution >= 0.6 is 0 Å². The molecule has 0 spiro atoms. The maximum atomic E-state index is 5.74. The van der Waals surface area contributed by atoms with Crippen LogP contribution in [0.15, 0.2) is 12.7 Å². The lowest BCUT2D eigenvalue weighted by atomic mass is 10.1. The fourth-order valence-electron chi connectivity index (χ4n) is 1.63. The third-order valence-electron chi connectivity index (χ3n) is 2.69. The second kappa shape index (κ2) is 10.8. The van der Waals surface area contributed by atoms with Crippen LogP contribution in [0.5, 0.6) is 0 Å². The molecule has 0 bridgehead atoms. The molecular weight excluding hydrogens is 170 g/mol. The summed E-state index contributed by atoms with van der Waals surface area (Å²) in [5.74, 6) is 0. The molecule has 0 aliphatic carbocycles. The van der Waals surface area contributed by atoms with Gasteiger partial charge in [-0.25, -0.2) is 0 Å². The largest absolute Gasteiger partial charge is 0.324 e. The van der Waals surface area contributed by atoms with E-state index in [4.69, 9.17) is 5.73 Å². The quantitative estimate of drug-likeness (QED) is 0.415. The lowest BCUT2D eigenvalue weighted by Crippen LogP contribution is -2.15. The van der Waals surface area contributed by atoms with Gasteiger partial charge in [-0.1, -0.05) is 64.4 Å². The van der Waals surface area contributed by atoms with E-state index >= 15 is 0 Å². The van der Waals surface area contributed by atoms with Gasteiger partial charge in [0, 0.05) is 6.04 Å². The summed E-state index contributed by atoms with van der Waals surface area (Å²) < 4.78 is 0. The highest BCUT2D eigenvalue weighted by atomic mass is 14.6. The zero-order chi connectivity index (χ0) is 10.6. The van der Waals surface area contributed by atoms with E-state index in [2.05, 4.69) is 13.5 Å². The number of hydrogen-bond acceptors (Lipinski definition) is 1. The van der Waals surface area contributed by atoms with E-state index < -0.39 is 0 Å². The molecule has 0 aromatic carbocycles. The summed E-state index contributed by atoms with van der Waals surface area (Å²) in [6.45, 7) is 5.94. The Morgan fingerprint density at radius 2 is 1.50 bits per heavy atom. The summed E-state index contributed by atoms with van der Waals surface area (Å²) in [5, 5.41) is 0. The molecule has 0 radical (unpaired) electrons. The van der Waals surface area contributed by atoms with Crippen LogP contribution in [0.3, 0.4) is 0 Å². The number of rotatable bonds is 10. The fourth-order valence-corrected chi connectivity index (χ4v) is 1.63. The Hall–Kier alpha value is -0.300. The first-order valence-electron chi connectivity index (χ1n) is 6.19. The van der Waals surface area contributed by atoms with Crippen LogP contribution in [-0.4, -0.2) is 6.04 Å². The van der Waals surface area contributed by atoms with E-state index in [1.807, 2.05) is 6.08 Å². The Labute approximate surface area is 89.8 Å². The lowest BCUT2D eigenvalue weighted by Gasteiger charge is -2.05. The molecule has 1 atom stereocenters. The summed E-state index contributed by atoms with van der Waals surface area (Å²) in [5.41, 5.74) is 5.74. The van der Waals surface area contributed by atoms with Crippen LogP contribution in [0, 0.1) is 0 Å². The van der Waals surface area contributed by atoms with Crippen LogP contribution in [-0.2, 0) is 0 Å². The number of unbranched alkanes of at least 4 members (excludes halogenated alkanes) is 7. The first-order valence-corrected chi connectivity index (χ1v) is 6.19. The normalized spacial score (nSPS) is 12.7. The Bertz CT molecular complexity index is 120. The third kappa shape index (κ3) is 9.79. The predicted molar refractivity (Wildman–Crippen MR) is 65.4 cm³/mol. The summed E-state index contributed by atoms with van der Waals surface area (Å²) >= 11 is 0. The zero-order valence-corrected chi connectivity index (χ0v) is 9.80. The average molecular weight is 197 g/mol. The predicted octanol–water partition coefficient (Wildman–Crippen LogP) is 4.03. The van der Waals surface area contributed by atoms with E-state index in [0.717, 1.165) is 6.42 Å². The second-order valence-electron chi connectivity index (χ2n) is 4.16. The van der Waals surface area contributed by atoms with Crippen molar-refractivity contribution in [1.29, 1.82) is 0 Å². The van der Waals surface area contributed by atoms with Gasteiger partial charge in [-0.2, -0.15) is 0 Å². The van der Waals surface area contributed by atoms with Gasteiger partial charge in [0.05, 0.1) is 0 Å². The molecule has 1 nitrogen and oxygen atoms in total. The molecule has 0 saturated carbocycles. The molecule has 1 heteroatoms. The topological polar surface area (TPSA) is 26.0 Å². The molecule has 0 aromatic heterocycles. The first kappa shape index (κ1) is 13.7. The molecule has 0 aliphatic rings. The van der Waals surface area contributed by atoms with Gasteiger partial charge in [-0.3, -0.25) is 0 Å². The Kier molecular flexibility index (Phi) is 10.5. The minimum absolute atomic E-state index is 0.218. The third-order valence-corrected chi connectivity index (χ3v) is 2.69. The van der Waals surface area contributed by atoms with Crippen LogP contribution in [0.2, 0.25) is 0 Å². The van der Waals surface area contributed by atoms with Gasteiger partial charge in [0.2, 0.25) is 0 Å². The van der Waals surface area contributed by atoms with Gasteiger partial charge >= 0.3 is 0 Å². The molecule has 0 heterocycles. The zero-order valence-electron chi connectivity index (χ0n) is 9.80. The molecular formula is C13H27N. The molecule has 0 fully saturated rings. The SMILES string of the molecule is C=CC(N)CCCCCCCCCC. The van der Waals surface area contributed by atoms with Crippen molar-refractivity contribution in [3.63, 3.8) is 0 Å². The maximum Gasteiger partial charge on any atom is 0.0221 e. The monoisotopic (exact) mass is 197 g/mol. The van der Waals surface area contributed by atoms with Crippen LogP contribution in [0.1, 0.15) is 64.7 Å². The highest BCUT2D eigenvalue weighted by molar-refractivity contribution is 4.81. The fraction of sp³-hybridized carbons (Fsp3) is 0.846. The van der Waals surface area contributed by atoms with Crippen molar-refractivity contribution in [3.05, 3.63) is 12.7 Å². The highest BCUT2D eigenvalue weighted by Gasteiger charge is 1.96. The van der Waals surface area contributed by atoms with Crippen molar-refractivity contribution < 1.29 is 0 Å². The minimum atomic E-state index is 0.218. The van der Waals surface area contributed by atoms with Gasteiger partial charge < -0.3 is 5.73 Å². The molecule has 0 amide bonds. The summed E-state index contributed by atoms with van der Waals surface area (Å²) in [6.07, 6.45) is 13.9. The Morgan fingerprint density at radius 3 is 2.00 bits per heavy atom. The summed E-state index contributed by atoms with van der Waals surface area (Å²) in [4.78, 5) is 0. The van der Waals surface area contributed by atoms with Gasteiger partial charge in [-0.05, 0) is 6.42 Å². The summed E-state index contributed by atoms with van der Waals surface area (Å²) in [7, 11) is 0. The number of hydrogen-bond donors (Lipinski definition) is 1. The van der Waals surface area contributed by atoms with Crippen molar-refractivity contribution in [2.75, 3.05) is 0 Å². The lowest BCUT2D eigenvalue weighted by molar-refractivity contribution is 0.553. The van der Waals surface area contributed by atoms with E-state index in [1.54, 1.807) is 0 Å². The molecule has 0 saturated heterocycles. The van der Waals surface area contributed by atoms with Crippen LogP contribution < -0.4 is 5.73 Å². The van der Waals surface area contributed by atoms with E-state index in [1.165, 1.54) is 51.4 Å². The maximum absolute atomic E-state index is 5.74. The Balaban J connectivity index is 2.95. The molecule has 0 aromatic rings. The van der Waals surface area contributed by atoms with Crippen molar-refractivity contribution in [2.24, 2.45) is 5.73 Å². The van der Waals surface area contributed by atoms with Gasteiger partial charge in [0.25, 0.3) is 0 Å². The Morgan fingerprint density at radius 1 is 1.00 bits per heavy atom. The van der Waals surface area contributed by atoms with Gasteiger partial charge in [-0.15, -0.1) is 6.58 Å². The van der Waals surface area contributed by atoms with Gasteiger partial charge in [0.15, 0.2) is 0 Å². The molecule has 0 rings (SSSR count). The molecule has 84 valence electrons. The van der Waals surface area contributed by atoms with Crippen molar-refractivity contribution >= 4 is 0 Å². The first-order chi connectivity index (χ1) is 6.81. The molecule has 14 heavy (non-hydrogen) atoms. The number of nitrogens with two attached hydrogens (primary N) is 1. The minimum Gasteiger partial charge on any atom is -0.324 e. The van der Waals surface area contributed by atoms with Crippen molar-refractivity contribution in [1.82, 2.24) is 0 Å². The van der Waals surface area contributed by atoms with E-state index in [-0.39, 0.29) is 6.04 Å². The highest BCUT2D eigenvalue weighted by Crippen LogP contribution is 2.10. The van der Waals surface area contributed by atoms with E-state index in [9.17, 15) is 0 Å². The standard InChI is InChI=1S/C13H27N/c1-3-5-6-7-8-9-10-11-12-13(14)4-2/h4,13H,2-3,5-12,14H2,1H3. The summed E-state index contributed by atoms with van der Waals surface area (Å²) in [6, 6.07) is 0.218. The van der Waals surface area contributed by atoms with Crippen LogP contribution in [0.25, 0.3) is 0 Å². The second-order valence-corrected chi connectivity index (χ2v) is 4.16. The van der Waals surface area contributed by atoms with Crippen LogP contribution in [0.4, 0.5) is 0 Å². The van der Waals surface area contributed by atoms with E-state index in [0.29, 0.717) is 0 Å². The van der Waals surface area contributed by atoms with Gasteiger partial charge in [0.1, 0.15) is 0 Å². The molecule has 1 unspecified atom stereocenters. The molecule has 0 aliphatic heterocycles. The smallest absolute Gasteiger partial charge is 0.0221 e. The van der Waals surface area contributed by atoms with Crippen molar-refractivity contribution in [3.8, 4) is 0 Å². The molecule has 2 N–H and O–H groups in total. The van der Waals surface area contributed by atoms with Crippen molar-refractivity contribution in [2.45, 2.75) is 70.8 Å². The average Bonchev–Trinajstić information content (AvgIpc) is 2.21.